The SMILES string of the molecule is O=C1[C@@H]2[C@H](C(=O)N1c1ccccc1Cl)[C@@]1(c3ccccc3)O[C@]2(c2ccccc2)c2ccccc2C1=O. The summed E-state index contributed by atoms with van der Waals surface area (Å²) in [5.41, 5.74) is -0.421. The molecule has 0 N–H and O–H groups in total. The van der Waals surface area contributed by atoms with Crippen molar-refractivity contribution in [1.82, 2.24) is 0 Å². The third kappa shape index (κ3) is 2.65. The number of benzene rings is 4. The molecule has 180 valence electrons. The van der Waals surface area contributed by atoms with E-state index in [9.17, 15) is 14.4 Å². The number of fused-ring (bicyclic) bond motifs is 7. The van der Waals surface area contributed by atoms with Gasteiger partial charge in [-0.15, -0.1) is 0 Å². The third-order valence-corrected chi connectivity index (χ3v) is 8.23. The second kappa shape index (κ2) is 7.72. The summed E-state index contributed by atoms with van der Waals surface area (Å²) in [5.74, 6) is -3.32. The molecule has 0 unspecified atom stereocenters. The Labute approximate surface area is 218 Å². The van der Waals surface area contributed by atoms with Crippen LogP contribution in [-0.4, -0.2) is 17.6 Å². The van der Waals surface area contributed by atoms with Gasteiger partial charge in [0.25, 0.3) is 0 Å². The number of carbonyl (C=O) groups is 3. The number of para-hydroxylation sites is 1. The van der Waals surface area contributed by atoms with Gasteiger partial charge in [0.2, 0.25) is 17.6 Å². The van der Waals surface area contributed by atoms with Crippen LogP contribution in [0.2, 0.25) is 5.02 Å². The maximum atomic E-state index is 14.4. The summed E-state index contributed by atoms with van der Waals surface area (Å²) < 4.78 is 6.95. The van der Waals surface area contributed by atoms with Crippen molar-refractivity contribution in [1.29, 1.82) is 0 Å². The number of ketones is 1. The van der Waals surface area contributed by atoms with Crippen LogP contribution in [0.5, 0.6) is 0 Å². The van der Waals surface area contributed by atoms with Crippen LogP contribution in [-0.2, 0) is 25.5 Å². The van der Waals surface area contributed by atoms with Gasteiger partial charge in [-0.2, -0.15) is 0 Å². The van der Waals surface area contributed by atoms with E-state index in [2.05, 4.69) is 0 Å². The molecule has 2 fully saturated rings. The van der Waals surface area contributed by atoms with E-state index >= 15 is 0 Å². The lowest BCUT2D eigenvalue weighted by molar-refractivity contribution is -0.136. The molecule has 0 aliphatic carbocycles. The predicted molar refractivity (Wildman–Crippen MR) is 138 cm³/mol. The maximum Gasteiger partial charge on any atom is 0.241 e. The summed E-state index contributed by atoms with van der Waals surface area (Å²) in [6.45, 7) is 0. The Morgan fingerprint density at radius 2 is 1.14 bits per heavy atom. The van der Waals surface area contributed by atoms with Crippen LogP contribution >= 0.6 is 11.6 Å². The van der Waals surface area contributed by atoms with Gasteiger partial charge in [0.1, 0.15) is 5.60 Å². The van der Waals surface area contributed by atoms with Crippen LogP contribution in [0.3, 0.4) is 0 Å². The molecule has 4 atom stereocenters. The fraction of sp³-hybridized carbons (Fsp3) is 0.129. The molecule has 37 heavy (non-hydrogen) atoms. The number of imide groups is 1. The molecule has 3 aliphatic heterocycles. The van der Waals surface area contributed by atoms with E-state index in [0.717, 1.165) is 4.90 Å². The van der Waals surface area contributed by atoms with Crippen LogP contribution < -0.4 is 4.90 Å². The van der Waals surface area contributed by atoms with Crippen LogP contribution in [0.15, 0.2) is 109 Å². The van der Waals surface area contributed by atoms with Crippen molar-refractivity contribution < 1.29 is 19.1 Å². The van der Waals surface area contributed by atoms with E-state index in [1.54, 1.807) is 48.5 Å². The van der Waals surface area contributed by atoms with Gasteiger partial charge < -0.3 is 4.74 Å². The van der Waals surface area contributed by atoms with Gasteiger partial charge in [-0.05, 0) is 23.3 Å². The van der Waals surface area contributed by atoms with E-state index in [1.807, 2.05) is 60.7 Å². The molecule has 3 heterocycles. The first-order chi connectivity index (χ1) is 18.0. The monoisotopic (exact) mass is 505 g/mol. The zero-order chi connectivity index (χ0) is 25.4. The van der Waals surface area contributed by atoms with Gasteiger partial charge in [0.15, 0.2) is 5.60 Å². The molecule has 7 rings (SSSR count). The second-order valence-electron chi connectivity index (χ2n) is 9.60. The summed E-state index contributed by atoms with van der Waals surface area (Å²) >= 11 is 6.48. The number of rotatable bonds is 3. The number of amides is 2. The highest BCUT2D eigenvalue weighted by Gasteiger charge is 2.78. The van der Waals surface area contributed by atoms with Gasteiger partial charge >= 0.3 is 0 Å². The summed E-state index contributed by atoms with van der Waals surface area (Å²) in [6, 6.07) is 32.4. The van der Waals surface area contributed by atoms with Gasteiger partial charge in [-0.3, -0.25) is 14.4 Å². The lowest BCUT2D eigenvalue weighted by Gasteiger charge is -2.43. The first kappa shape index (κ1) is 22.2. The Bertz CT molecular complexity index is 1600. The summed E-state index contributed by atoms with van der Waals surface area (Å²) in [5, 5.41) is 0.282. The van der Waals surface area contributed by atoms with Crippen molar-refractivity contribution in [3.63, 3.8) is 0 Å². The summed E-state index contributed by atoms with van der Waals surface area (Å²) in [7, 11) is 0. The Balaban J connectivity index is 1.59. The number of ether oxygens (including phenoxy) is 1. The fourth-order valence-electron chi connectivity index (χ4n) is 6.49. The quantitative estimate of drug-likeness (QED) is 0.344. The van der Waals surface area contributed by atoms with E-state index in [-0.39, 0.29) is 10.8 Å². The molecule has 3 aliphatic rings. The number of hydrogen-bond acceptors (Lipinski definition) is 4. The number of carbonyl (C=O) groups excluding carboxylic acids is 3. The topological polar surface area (TPSA) is 63.7 Å². The number of nitrogens with zero attached hydrogens (tertiary/aromatic N) is 1. The molecule has 4 aromatic rings. The highest BCUT2D eigenvalue weighted by Crippen LogP contribution is 2.66. The number of hydrogen-bond donors (Lipinski definition) is 0. The largest absolute Gasteiger partial charge is 0.344 e. The third-order valence-electron chi connectivity index (χ3n) is 7.91. The number of halogens is 1. The van der Waals surface area contributed by atoms with Gasteiger partial charge in [0, 0.05) is 11.1 Å². The molecule has 2 bridgehead atoms. The van der Waals surface area contributed by atoms with Gasteiger partial charge in [0.05, 0.1) is 22.5 Å². The van der Waals surface area contributed by atoms with Crippen molar-refractivity contribution in [2.24, 2.45) is 11.8 Å². The first-order valence-corrected chi connectivity index (χ1v) is 12.5. The number of Topliss-reactive ketones (excluding diaryl/α,β-unsaturated/α-hetero) is 1. The fourth-order valence-corrected chi connectivity index (χ4v) is 6.71. The van der Waals surface area contributed by atoms with Crippen LogP contribution in [0.1, 0.15) is 27.0 Å². The molecule has 5 nitrogen and oxygen atoms in total. The van der Waals surface area contributed by atoms with Crippen molar-refractivity contribution in [3.05, 3.63) is 136 Å². The molecule has 2 saturated heterocycles. The lowest BCUT2D eigenvalue weighted by atomic mass is 9.72. The zero-order valence-electron chi connectivity index (χ0n) is 19.5. The minimum Gasteiger partial charge on any atom is -0.344 e. The average molecular weight is 506 g/mol. The second-order valence-corrected chi connectivity index (χ2v) is 10.0. The minimum atomic E-state index is -1.68. The lowest BCUT2D eigenvalue weighted by Crippen LogP contribution is -2.51. The van der Waals surface area contributed by atoms with Crippen molar-refractivity contribution in [2.45, 2.75) is 11.2 Å². The molecule has 2 amide bonds. The van der Waals surface area contributed by atoms with Gasteiger partial charge in [-0.1, -0.05) is 109 Å². The average Bonchev–Trinajstić information content (AvgIpc) is 3.39. The van der Waals surface area contributed by atoms with Gasteiger partial charge in [-0.25, -0.2) is 4.90 Å². The molecule has 6 heteroatoms. The molecular formula is C31H20ClNO4. The normalized spacial score (nSPS) is 27.8. The van der Waals surface area contributed by atoms with E-state index in [1.165, 1.54) is 0 Å². The van der Waals surface area contributed by atoms with Crippen LogP contribution in [0, 0.1) is 11.8 Å². The van der Waals surface area contributed by atoms with E-state index in [4.69, 9.17) is 16.3 Å². The summed E-state index contributed by atoms with van der Waals surface area (Å²) in [4.78, 5) is 44.4. The van der Waals surface area contributed by atoms with Crippen molar-refractivity contribution in [2.75, 3.05) is 4.90 Å². The van der Waals surface area contributed by atoms with Crippen molar-refractivity contribution in [3.8, 4) is 0 Å². The molecule has 0 aromatic heterocycles. The zero-order valence-corrected chi connectivity index (χ0v) is 20.3. The first-order valence-electron chi connectivity index (χ1n) is 12.1. The molecular weight excluding hydrogens is 486 g/mol. The predicted octanol–water partition coefficient (Wildman–Crippen LogP) is 5.51. The van der Waals surface area contributed by atoms with Crippen LogP contribution in [0.4, 0.5) is 5.69 Å². The standard InChI is InChI=1S/C31H20ClNO4/c32-23-17-9-10-18-24(23)33-28(35)25-26(29(33)36)31(20-13-5-2-6-14-20)27(34)21-15-7-8-16-22(21)30(25,37-31)19-11-3-1-4-12-19/h1-18,25-26H/t25-,26+,30+,31+/m0/s1. The molecule has 4 aromatic carbocycles. The smallest absolute Gasteiger partial charge is 0.241 e. The Morgan fingerprint density at radius 1 is 0.622 bits per heavy atom. The van der Waals surface area contributed by atoms with E-state index in [0.29, 0.717) is 27.9 Å². The Morgan fingerprint density at radius 3 is 1.78 bits per heavy atom. The minimum absolute atomic E-state index is 0.282. The molecule has 0 saturated carbocycles. The molecule has 0 radical (unpaired) electrons. The van der Waals surface area contributed by atoms with E-state index < -0.39 is 34.9 Å². The highest BCUT2D eigenvalue weighted by atomic mass is 35.5. The Kier molecular flexibility index (Phi) is 4.62. The number of anilines is 1. The van der Waals surface area contributed by atoms with Crippen LogP contribution in [0.25, 0.3) is 0 Å². The Hall–Kier alpha value is -4.06. The highest BCUT2D eigenvalue weighted by molar-refractivity contribution is 6.36. The van der Waals surface area contributed by atoms with Crippen molar-refractivity contribution >= 4 is 34.9 Å². The summed E-state index contributed by atoms with van der Waals surface area (Å²) in [6.07, 6.45) is 0. The molecule has 0 spiro atoms. The maximum absolute atomic E-state index is 14.4.